The summed E-state index contributed by atoms with van der Waals surface area (Å²) in [5.74, 6) is -3.91. The van der Waals surface area contributed by atoms with Crippen molar-refractivity contribution in [3.8, 4) is 11.7 Å². The fourth-order valence-electron chi connectivity index (χ4n) is 5.56. The predicted molar refractivity (Wildman–Crippen MR) is 217 cm³/mol. The van der Waals surface area contributed by atoms with Gasteiger partial charge in [0.05, 0.1) is 79.1 Å². The number of nitrogen functional groups attached to an aromatic ring is 1. The monoisotopic (exact) mass is 1150 g/mol. The van der Waals surface area contributed by atoms with Crippen LogP contribution in [-0.4, -0.2) is 85.7 Å². The number of aromatic nitrogens is 4. The molecule has 0 spiro atoms. The van der Waals surface area contributed by atoms with Gasteiger partial charge in [-0.25, -0.2) is 38.2 Å². The van der Waals surface area contributed by atoms with E-state index in [9.17, 15) is 67.6 Å². The Kier molecular flexibility index (Phi) is 27.4. The first kappa shape index (κ1) is 68.5. The molecule has 0 saturated heterocycles. The number of hydrogen-bond acceptors (Lipinski definition) is 28. The third-order valence-electron chi connectivity index (χ3n) is 8.38. The molecule has 39 heteroatoms. The molecule has 6 rings (SSSR count). The zero-order chi connectivity index (χ0) is 49.1. The Balaban J connectivity index is 0.00000518. The van der Waals surface area contributed by atoms with E-state index < -0.39 is 113 Å². The van der Waals surface area contributed by atoms with E-state index in [4.69, 9.17) is 17.3 Å². The molecule has 0 atom stereocenters. The van der Waals surface area contributed by atoms with Gasteiger partial charge in [0.2, 0.25) is 10.4 Å². The number of phenolic OH excluding ortho intramolecular Hbond substituents is 1. The molecule has 2 aromatic heterocycles. The molecule has 0 aliphatic rings. The van der Waals surface area contributed by atoms with E-state index in [2.05, 4.69) is 54.3 Å². The average Bonchev–Trinajstić information content (AvgIpc) is 3.23. The summed E-state index contributed by atoms with van der Waals surface area (Å²) >= 11 is 6.13. The van der Waals surface area contributed by atoms with E-state index in [0.29, 0.717) is 6.07 Å². The van der Waals surface area contributed by atoms with Gasteiger partial charge in [-0.15, -0.1) is 15.3 Å². The van der Waals surface area contributed by atoms with E-state index in [-0.39, 0.29) is 199 Å². The Labute approximate surface area is 526 Å². The second kappa shape index (κ2) is 28.8. The number of pyridine rings is 1. The number of hydrogen-bond donors (Lipinski definition) is 3. The maximum Gasteiger partial charge on any atom is 1.00 e. The second-order valence-corrected chi connectivity index (χ2v) is 19.6. The molecule has 0 aliphatic carbocycles. The van der Waals surface area contributed by atoms with Crippen LogP contribution in [0.15, 0.2) is 119 Å². The van der Waals surface area contributed by atoms with Gasteiger partial charge >= 0.3 is 165 Å². The number of nitrogens with zero attached hydrogens (tertiary/aromatic N) is 8. The van der Waals surface area contributed by atoms with Crippen molar-refractivity contribution in [2.45, 2.75) is 19.6 Å². The molecule has 6 aromatic rings. The summed E-state index contributed by atoms with van der Waals surface area (Å²) in [5, 5.41) is 53.8. The van der Waals surface area contributed by atoms with Crippen LogP contribution in [0.2, 0.25) is 5.28 Å². The number of aromatic carboxylic acids is 1. The van der Waals surface area contributed by atoms with Crippen LogP contribution in [0, 0.1) is 0 Å². The molecule has 0 fully saturated rings. The van der Waals surface area contributed by atoms with E-state index in [1.54, 1.807) is 0 Å². The number of nitrogens with one attached hydrogen (secondary N) is 1. The molecule has 4 N–H and O–H groups in total. The summed E-state index contributed by atoms with van der Waals surface area (Å²) in [4.78, 5) is 20.5. The smallest absolute Gasteiger partial charge is 0.744 e. The standard InChI is InChI=1S/C33H25ClN10O18S5.5Na/c34-31-37-32(39-33(38-31)44-9-1-2-16(15-44)30(46)47)36-19-5-8-23(65(51,52)53)21(14-19)41-42-27-22(63-62-61-48)12-17-13-24(66(54,55)56)28(26(35)25(17)29(27)45)43-40-18-3-6-20(7-4-18)64(49,50)11-10-60-67(57,58)59;;;;;/h1-9,12-15H,10-11H2,(H8-,35,36,37,38,39,40,41,45,46,47,48,51,52,53,54,55,56,57,58,59);;;;;/q;5*+1/p-4. The number of azo groups is 2. The molecule has 72 heavy (non-hydrogen) atoms. The van der Waals surface area contributed by atoms with E-state index in [1.165, 1.54) is 22.9 Å². The predicted octanol–water partition coefficient (Wildman–Crippen LogP) is -13.5. The molecule has 0 aliphatic heterocycles. The van der Waals surface area contributed by atoms with Crippen molar-refractivity contribution in [2.24, 2.45) is 20.5 Å². The Morgan fingerprint density at radius 1 is 0.819 bits per heavy atom. The molecule has 4 aromatic carbocycles. The molecule has 0 unspecified atom stereocenters. The molecule has 28 nitrogen and oxygen atoms in total. The van der Waals surface area contributed by atoms with Gasteiger partial charge in [0.25, 0.3) is 0 Å². The summed E-state index contributed by atoms with van der Waals surface area (Å²) in [6.45, 7) is -0.985. The van der Waals surface area contributed by atoms with E-state index in [0.717, 1.165) is 54.7 Å². The van der Waals surface area contributed by atoms with Gasteiger partial charge < -0.3 is 45.0 Å². The van der Waals surface area contributed by atoms with Crippen LogP contribution in [0.1, 0.15) is 10.4 Å². The third-order valence-corrected chi connectivity index (χ3v) is 13.0. The Morgan fingerprint density at radius 2 is 1.46 bits per heavy atom. The van der Waals surface area contributed by atoms with Gasteiger partial charge in [0.1, 0.15) is 37.3 Å². The molecule has 0 amide bonds. The molecular weight excluding hydrogens is 1140 g/mol. The number of aromatic hydroxyl groups is 1. The zero-order valence-electron chi connectivity index (χ0n) is 37.4. The number of fused-ring (bicyclic) bond motifs is 1. The van der Waals surface area contributed by atoms with Crippen molar-refractivity contribution in [2.75, 3.05) is 23.4 Å². The first-order valence-electron chi connectivity index (χ1n) is 17.3. The number of anilines is 3. The zero-order valence-corrected chi connectivity index (χ0v) is 52.2. The van der Waals surface area contributed by atoms with Crippen LogP contribution in [0.5, 0.6) is 5.75 Å². The molecule has 0 bridgehead atoms. The quantitative estimate of drug-likeness (QED) is 0.00828. The van der Waals surface area contributed by atoms with Crippen molar-refractivity contribution >= 4 is 121 Å². The van der Waals surface area contributed by atoms with Crippen molar-refractivity contribution in [3.63, 3.8) is 0 Å². The number of rotatable bonds is 18. The Hall–Kier alpha value is -1.47. The van der Waals surface area contributed by atoms with Gasteiger partial charge in [0.15, 0.2) is 15.6 Å². The minimum atomic E-state index is -5.48. The summed E-state index contributed by atoms with van der Waals surface area (Å²) < 4.78 is 141. The van der Waals surface area contributed by atoms with Gasteiger partial charge in [-0.2, -0.15) is 14.4 Å². The van der Waals surface area contributed by atoms with Gasteiger partial charge in [0, 0.05) is 11.3 Å². The van der Waals surface area contributed by atoms with Crippen LogP contribution < -0.4 is 174 Å². The molecule has 352 valence electrons. The topological polar surface area (TPSA) is 447 Å². The normalized spacial score (nSPS) is 11.7. The number of phenols is 1. The van der Waals surface area contributed by atoms with Crippen LogP contribution in [0.25, 0.3) is 16.7 Å². The van der Waals surface area contributed by atoms with Gasteiger partial charge in [-0.3, -0.25) is 9.22 Å². The molecule has 2 heterocycles. The van der Waals surface area contributed by atoms with Crippen molar-refractivity contribution < 1.29 is 234 Å². The van der Waals surface area contributed by atoms with Gasteiger partial charge in [-0.1, -0.05) is 0 Å². The first-order chi connectivity index (χ1) is 31.3. The first-order valence-corrected chi connectivity index (χ1v) is 24.3. The summed E-state index contributed by atoms with van der Waals surface area (Å²) in [6, 6.07) is 11.2. The summed E-state index contributed by atoms with van der Waals surface area (Å²) in [5.41, 5.74) is 2.77. The number of carboxylic acid groups (broad SMARTS) is 1. The molecule has 0 radical (unpaired) electrons. The fraction of sp³-hybridized carbons (Fsp3) is 0.0606. The number of carboxylic acids is 1. The van der Waals surface area contributed by atoms with Crippen LogP contribution in [0.4, 0.5) is 40.1 Å². The largest absolute Gasteiger partial charge is 1.00 e. The SMILES string of the molecule is Nc1c(N=Nc2ccc(S(=O)(=O)CCOS(=O)(=O)[O-])cc2)c(S(=O)(=O)[O-])cc2cc(SOO[O-])c(N=Nc3cc(Nc4nc(Cl)nc(-[n+]5cccc(C(=O)[O-])c5)n4)ccc3S(=O)(=O)[O-])c(O)c12.[Na+].[Na+].[Na+].[Na+].[Na+]. The maximum absolute atomic E-state index is 12.5. The number of halogens is 1. The molecule has 0 saturated carbocycles. The third kappa shape index (κ3) is 18.1. The van der Waals surface area contributed by atoms with Gasteiger partial charge in [-0.05, 0) is 93.7 Å². The maximum atomic E-state index is 12.5. The van der Waals surface area contributed by atoms with Crippen molar-refractivity contribution in [1.82, 2.24) is 15.0 Å². The van der Waals surface area contributed by atoms with Crippen molar-refractivity contribution in [3.05, 3.63) is 90.0 Å². The van der Waals surface area contributed by atoms with Crippen LogP contribution in [-0.2, 0) is 54.0 Å². The summed E-state index contributed by atoms with van der Waals surface area (Å²) in [6.07, 6.45) is 2.49. The Bertz CT molecular complexity index is 3510. The molecular formula is C33H21ClN10Na5O18S5+. The Morgan fingerprint density at radius 3 is 2.06 bits per heavy atom. The second-order valence-electron chi connectivity index (χ2n) is 12.7. The number of sulfone groups is 1. The minimum Gasteiger partial charge on any atom is -0.744 e. The fourth-order valence-corrected chi connectivity index (χ4v) is 8.94. The average molecular weight is 1160 g/mol. The van der Waals surface area contributed by atoms with E-state index >= 15 is 0 Å². The summed E-state index contributed by atoms with van der Waals surface area (Å²) in [7, 11) is -20.2. The number of carbonyl (C=O) groups excluding carboxylic acids is 1. The number of benzene rings is 4. The number of carbonyl (C=O) groups is 1. The van der Waals surface area contributed by atoms with E-state index in [1.807, 2.05) is 0 Å². The minimum absolute atomic E-state index is 0. The van der Waals surface area contributed by atoms with Crippen LogP contribution in [0.3, 0.4) is 0 Å². The number of nitrogens with two attached hydrogens (primary N) is 1. The van der Waals surface area contributed by atoms with Crippen LogP contribution >= 0.6 is 23.6 Å². The van der Waals surface area contributed by atoms with Crippen molar-refractivity contribution in [1.29, 1.82) is 0 Å².